The first-order valence-corrected chi connectivity index (χ1v) is 9.58. The summed E-state index contributed by atoms with van der Waals surface area (Å²) >= 11 is 1.54. The van der Waals surface area contributed by atoms with E-state index >= 15 is 0 Å². The predicted molar refractivity (Wildman–Crippen MR) is 104 cm³/mol. The Hall–Kier alpha value is -2.84. The number of nitrogens with zero attached hydrogens (tertiary/aromatic N) is 5. The average molecular weight is 379 g/mol. The van der Waals surface area contributed by atoms with Crippen LogP contribution in [0, 0.1) is 6.92 Å². The number of hydrogen-bond donors (Lipinski definition) is 0. The van der Waals surface area contributed by atoms with Crippen LogP contribution in [-0.2, 0) is 4.74 Å². The van der Waals surface area contributed by atoms with E-state index in [4.69, 9.17) is 9.15 Å². The van der Waals surface area contributed by atoms with Crippen LogP contribution in [0.25, 0.3) is 32.4 Å². The molecule has 1 saturated heterocycles. The molecule has 1 aromatic carbocycles. The summed E-state index contributed by atoms with van der Waals surface area (Å²) in [6, 6.07) is 10.0. The lowest BCUT2D eigenvalue weighted by atomic mass is 10.1. The molecule has 4 aromatic rings. The van der Waals surface area contributed by atoms with E-state index in [0.717, 1.165) is 45.1 Å². The molecule has 0 bridgehead atoms. The van der Waals surface area contributed by atoms with Gasteiger partial charge >= 0.3 is 0 Å². The lowest BCUT2D eigenvalue weighted by molar-refractivity contribution is 0.122. The highest BCUT2D eigenvalue weighted by molar-refractivity contribution is 7.21. The Kier molecular flexibility index (Phi) is 4.06. The van der Waals surface area contributed by atoms with Gasteiger partial charge in [-0.1, -0.05) is 18.2 Å². The largest absolute Gasteiger partial charge is 0.415 e. The van der Waals surface area contributed by atoms with Gasteiger partial charge in [-0.15, -0.1) is 21.5 Å². The van der Waals surface area contributed by atoms with Gasteiger partial charge in [0.25, 0.3) is 5.89 Å². The monoisotopic (exact) mass is 379 g/mol. The summed E-state index contributed by atoms with van der Waals surface area (Å²) in [6.45, 7) is 5.12. The molecule has 136 valence electrons. The Labute approximate surface area is 159 Å². The van der Waals surface area contributed by atoms with Gasteiger partial charge in [0.2, 0.25) is 5.89 Å². The maximum atomic E-state index is 5.96. The molecule has 1 aliphatic rings. The Bertz CT molecular complexity index is 1100. The Morgan fingerprint density at radius 1 is 1.04 bits per heavy atom. The van der Waals surface area contributed by atoms with Crippen molar-refractivity contribution in [1.82, 2.24) is 20.2 Å². The maximum Gasteiger partial charge on any atom is 0.258 e. The molecule has 0 N–H and O–H groups in total. The molecule has 4 heterocycles. The normalized spacial score (nSPS) is 14.8. The van der Waals surface area contributed by atoms with Crippen molar-refractivity contribution in [2.45, 2.75) is 6.92 Å². The fourth-order valence-corrected chi connectivity index (χ4v) is 4.13. The molecule has 0 aliphatic carbocycles. The van der Waals surface area contributed by atoms with Crippen LogP contribution in [0.5, 0.6) is 0 Å². The summed E-state index contributed by atoms with van der Waals surface area (Å²) in [5, 5.41) is 9.50. The number of aryl methyl sites for hydroxylation is 1. The van der Waals surface area contributed by atoms with Crippen LogP contribution in [0.15, 0.2) is 41.1 Å². The fourth-order valence-electron chi connectivity index (χ4n) is 3.22. The molecule has 0 unspecified atom stereocenters. The molecule has 1 aliphatic heterocycles. The molecule has 3 aromatic heterocycles. The minimum atomic E-state index is 0.504. The number of benzene rings is 1. The number of aromatic nitrogens is 4. The van der Waals surface area contributed by atoms with Crippen LogP contribution in [0.2, 0.25) is 0 Å². The molecule has 0 spiro atoms. The number of ether oxygens (including phenoxy) is 1. The van der Waals surface area contributed by atoms with Gasteiger partial charge in [0.1, 0.15) is 17.0 Å². The molecule has 1 fully saturated rings. The Morgan fingerprint density at radius 2 is 1.85 bits per heavy atom. The van der Waals surface area contributed by atoms with Gasteiger partial charge in [-0.2, -0.15) is 0 Å². The van der Waals surface area contributed by atoms with Gasteiger partial charge in [-0.25, -0.2) is 9.97 Å². The first kappa shape index (κ1) is 16.3. The van der Waals surface area contributed by atoms with Crippen molar-refractivity contribution in [3.63, 3.8) is 0 Å². The van der Waals surface area contributed by atoms with Crippen LogP contribution in [-0.4, -0.2) is 46.5 Å². The van der Waals surface area contributed by atoms with Crippen molar-refractivity contribution < 1.29 is 9.15 Å². The highest BCUT2D eigenvalue weighted by atomic mass is 32.1. The summed E-state index contributed by atoms with van der Waals surface area (Å²) in [7, 11) is 0. The summed E-state index contributed by atoms with van der Waals surface area (Å²) in [6.07, 6.45) is 1.61. The molecule has 8 heteroatoms. The zero-order valence-electron chi connectivity index (χ0n) is 14.8. The SMILES string of the molecule is Cc1ccccc1-c1nnc(-c2cc3c(N4CCOCC4)ncnc3s2)o1. The van der Waals surface area contributed by atoms with Crippen LogP contribution < -0.4 is 4.90 Å². The molecule has 0 radical (unpaired) electrons. The maximum absolute atomic E-state index is 5.96. The molecule has 0 saturated carbocycles. The van der Waals surface area contributed by atoms with Crippen LogP contribution in [0.3, 0.4) is 0 Å². The topological polar surface area (TPSA) is 77.2 Å². The standard InChI is InChI=1S/C19H17N5O2S/c1-12-4-2-3-5-13(12)17-22-23-18(26-17)15-10-14-16(20-11-21-19(14)27-15)24-6-8-25-9-7-24/h2-5,10-11H,6-9H2,1H3. The highest BCUT2D eigenvalue weighted by Gasteiger charge is 2.20. The molecule has 5 rings (SSSR count). The molecule has 27 heavy (non-hydrogen) atoms. The number of rotatable bonds is 3. The van der Waals surface area contributed by atoms with E-state index in [1.165, 1.54) is 11.3 Å². The molecule has 0 amide bonds. The Morgan fingerprint density at radius 3 is 2.70 bits per heavy atom. The third kappa shape index (κ3) is 2.96. The van der Waals surface area contributed by atoms with E-state index in [0.29, 0.717) is 25.0 Å². The molecular formula is C19H17N5O2S. The number of fused-ring (bicyclic) bond motifs is 1. The average Bonchev–Trinajstić information content (AvgIpc) is 3.36. The quantitative estimate of drug-likeness (QED) is 0.539. The number of anilines is 1. The predicted octanol–water partition coefficient (Wildman–Crippen LogP) is 3.55. The summed E-state index contributed by atoms with van der Waals surface area (Å²) in [4.78, 5) is 13.0. The smallest absolute Gasteiger partial charge is 0.258 e. The third-order valence-electron chi connectivity index (χ3n) is 4.63. The zero-order chi connectivity index (χ0) is 18.2. The summed E-state index contributed by atoms with van der Waals surface area (Å²) < 4.78 is 11.4. The van der Waals surface area contributed by atoms with Gasteiger partial charge in [0, 0.05) is 18.7 Å². The summed E-state index contributed by atoms with van der Waals surface area (Å²) in [5.41, 5.74) is 2.05. The molecule has 7 nitrogen and oxygen atoms in total. The van der Waals surface area contributed by atoms with Crippen molar-refractivity contribution in [2.24, 2.45) is 0 Å². The Balaban J connectivity index is 1.54. The molecular weight excluding hydrogens is 362 g/mol. The van der Waals surface area contributed by atoms with Gasteiger partial charge in [-0.05, 0) is 24.6 Å². The van der Waals surface area contributed by atoms with Crippen molar-refractivity contribution in [1.29, 1.82) is 0 Å². The fraction of sp³-hybridized carbons (Fsp3) is 0.263. The first-order valence-electron chi connectivity index (χ1n) is 8.77. The van der Waals surface area contributed by atoms with Crippen molar-refractivity contribution >= 4 is 27.4 Å². The lowest BCUT2D eigenvalue weighted by Crippen LogP contribution is -2.36. The van der Waals surface area contributed by atoms with Gasteiger partial charge in [0.15, 0.2) is 0 Å². The van der Waals surface area contributed by atoms with E-state index in [9.17, 15) is 0 Å². The van der Waals surface area contributed by atoms with E-state index < -0.39 is 0 Å². The third-order valence-corrected chi connectivity index (χ3v) is 5.66. The van der Waals surface area contributed by atoms with E-state index in [1.54, 1.807) is 6.33 Å². The van der Waals surface area contributed by atoms with E-state index in [-0.39, 0.29) is 0 Å². The minimum absolute atomic E-state index is 0.504. The van der Waals surface area contributed by atoms with E-state index in [1.807, 2.05) is 37.3 Å². The van der Waals surface area contributed by atoms with Crippen LogP contribution in [0.1, 0.15) is 5.56 Å². The van der Waals surface area contributed by atoms with Crippen LogP contribution >= 0.6 is 11.3 Å². The highest BCUT2D eigenvalue weighted by Crippen LogP contribution is 2.36. The van der Waals surface area contributed by atoms with Gasteiger partial charge in [-0.3, -0.25) is 0 Å². The number of thiophene rings is 1. The molecule has 0 atom stereocenters. The van der Waals surface area contributed by atoms with Gasteiger partial charge < -0.3 is 14.1 Å². The van der Waals surface area contributed by atoms with Crippen molar-refractivity contribution in [2.75, 3.05) is 31.2 Å². The second-order valence-electron chi connectivity index (χ2n) is 6.35. The van der Waals surface area contributed by atoms with E-state index in [2.05, 4.69) is 25.1 Å². The van der Waals surface area contributed by atoms with Crippen molar-refractivity contribution in [3.8, 4) is 22.2 Å². The zero-order valence-corrected chi connectivity index (χ0v) is 15.6. The second kappa shape index (κ2) is 6.71. The number of hydrogen-bond acceptors (Lipinski definition) is 8. The summed E-state index contributed by atoms with van der Waals surface area (Å²) in [5.74, 6) is 1.97. The first-order chi connectivity index (χ1) is 13.3. The lowest BCUT2D eigenvalue weighted by Gasteiger charge is -2.28. The second-order valence-corrected chi connectivity index (χ2v) is 7.38. The number of morpholine rings is 1. The van der Waals surface area contributed by atoms with Crippen molar-refractivity contribution in [3.05, 3.63) is 42.2 Å². The van der Waals surface area contributed by atoms with Gasteiger partial charge in [0.05, 0.1) is 23.5 Å². The van der Waals surface area contributed by atoms with Crippen LogP contribution in [0.4, 0.5) is 5.82 Å². The minimum Gasteiger partial charge on any atom is -0.415 e.